The first-order valence-corrected chi connectivity index (χ1v) is 2.19. The molecule has 0 unspecified atom stereocenters. The zero-order chi connectivity index (χ0) is 4.50. The minimum absolute atomic E-state index is 0. The summed E-state index contributed by atoms with van der Waals surface area (Å²) in [6, 6.07) is 0. The van der Waals surface area contributed by atoms with Crippen LogP contribution in [0.15, 0.2) is 0 Å². The zero-order valence-electron chi connectivity index (χ0n) is 3.23. The normalized spacial score (nSPS) is 8.43. The van der Waals surface area contributed by atoms with E-state index in [4.69, 9.17) is 19.2 Å². The van der Waals surface area contributed by atoms with E-state index < -0.39 is 7.82 Å². The van der Waals surface area contributed by atoms with Crippen molar-refractivity contribution in [1.82, 2.24) is 0 Å². The molecule has 0 aromatic rings. The largest absolute Gasteiger partial charge is 2.00 e. The van der Waals surface area contributed by atoms with Crippen LogP contribution in [0.5, 0.6) is 0 Å². The van der Waals surface area contributed by atoms with Crippen LogP contribution < -0.4 is 14.7 Å². The molecule has 0 N–H and O–H groups in total. The van der Waals surface area contributed by atoms with Crippen LogP contribution in [0, 0.1) is 12.4 Å². The van der Waals surface area contributed by atoms with Gasteiger partial charge in [0.25, 0.3) is 0 Å². The van der Waals surface area contributed by atoms with E-state index in [1.54, 1.807) is 0 Å². The number of hydrogen-bond acceptors (Lipinski definition) is 4. The molecule has 0 fully saturated rings. The predicted molar refractivity (Wildman–Crippen MR) is 16.2 cm³/mol. The van der Waals surface area contributed by atoms with E-state index in [-0.39, 0.29) is 35.5 Å². The SMILES string of the molecule is O=P([O-])([O-])[O-].[ClH2+].[Mg+2]. The standard InChI is InChI=1S/ClH2.Mg.H3O4P/c;;1-5(2,3)4/h1H2;;(H3,1,2,3,4)/q+1;+2;/p-3. The molecule has 0 heterocycles. The van der Waals surface area contributed by atoms with E-state index in [0.29, 0.717) is 0 Å². The summed E-state index contributed by atoms with van der Waals surface area (Å²) in [5, 5.41) is 0. The molecular weight excluding hydrogens is 155 g/mol. The molecule has 7 heavy (non-hydrogen) atoms. The molecule has 0 aliphatic carbocycles. The Morgan fingerprint density at radius 1 is 1.14 bits per heavy atom. The molecule has 0 aromatic heterocycles. The molecule has 0 spiro atoms. The summed E-state index contributed by atoms with van der Waals surface area (Å²) in [5.41, 5.74) is 0. The Morgan fingerprint density at radius 3 is 1.14 bits per heavy atom. The van der Waals surface area contributed by atoms with E-state index in [0.717, 1.165) is 0 Å². The maximum Gasteiger partial charge on any atom is 2.00 e. The second-order valence-corrected chi connectivity index (χ2v) is 1.34. The second kappa shape index (κ2) is 5.31. The Morgan fingerprint density at radius 2 is 1.14 bits per heavy atom. The summed E-state index contributed by atoms with van der Waals surface area (Å²) in [7, 11) is -5.39. The van der Waals surface area contributed by atoms with Crippen molar-refractivity contribution in [3.05, 3.63) is 0 Å². The number of phosphoric acid groups is 1. The summed E-state index contributed by atoms with van der Waals surface area (Å²) in [4.78, 5) is 25.6. The van der Waals surface area contributed by atoms with Crippen molar-refractivity contribution in [2.75, 3.05) is 0 Å². The Bertz CT molecular complexity index is 57.8. The van der Waals surface area contributed by atoms with Gasteiger partial charge in [0.1, 0.15) is 0 Å². The first-order valence-electron chi connectivity index (χ1n) is 0.730. The van der Waals surface area contributed by atoms with Gasteiger partial charge in [-0.3, -0.25) is 0 Å². The van der Waals surface area contributed by atoms with Crippen molar-refractivity contribution in [2.45, 2.75) is 0 Å². The summed E-state index contributed by atoms with van der Waals surface area (Å²) < 4.78 is 8.55. The quantitative estimate of drug-likeness (QED) is 0.267. The Hall–Kier alpha value is 1.17. The molecular formula is H2ClMgO4P. The van der Waals surface area contributed by atoms with Gasteiger partial charge in [-0.05, 0) is 0 Å². The number of halogens is 1. The van der Waals surface area contributed by atoms with Gasteiger partial charge in [0.15, 0.2) is 0 Å². The first-order chi connectivity index (χ1) is 2.00. The third-order valence-electron chi connectivity index (χ3n) is 0. The minimum atomic E-state index is -5.39. The van der Waals surface area contributed by atoms with E-state index in [9.17, 15) is 0 Å². The van der Waals surface area contributed by atoms with Gasteiger partial charge in [0.2, 0.25) is 0 Å². The molecule has 0 aliphatic rings. The van der Waals surface area contributed by atoms with Crippen molar-refractivity contribution < 1.29 is 31.7 Å². The fourth-order valence-corrected chi connectivity index (χ4v) is 0. The van der Waals surface area contributed by atoms with Crippen molar-refractivity contribution in [1.29, 1.82) is 0 Å². The molecule has 0 aromatic carbocycles. The van der Waals surface area contributed by atoms with Crippen LogP contribution in [0.25, 0.3) is 0 Å². The maximum atomic E-state index is 8.55. The fourth-order valence-electron chi connectivity index (χ4n) is 0. The summed E-state index contributed by atoms with van der Waals surface area (Å²) in [5.74, 6) is 0. The Kier molecular flexibility index (Phi) is 11.9. The monoisotopic (exact) mass is 156 g/mol. The van der Waals surface area contributed by atoms with Crippen molar-refractivity contribution in [3.63, 3.8) is 0 Å². The van der Waals surface area contributed by atoms with Crippen molar-refractivity contribution in [3.8, 4) is 0 Å². The average molecular weight is 157 g/mol. The molecule has 0 rings (SSSR count). The van der Waals surface area contributed by atoms with Crippen LogP contribution in [0.2, 0.25) is 0 Å². The van der Waals surface area contributed by atoms with Gasteiger partial charge in [-0.1, -0.05) is 0 Å². The summed E-state index contributed by atoms with van der Waals surface area (Å²) >= 11 is 0. The molecule has 4 nitrogen and oxygen atoms in total. The van der Waals surface area contributed by atoms with E-state index >= 15 is 0 Å². The minimum Gasteiger partial charge on any atom is -0.822 e. The maximum absolute atomic E-state index is 8.55. The van der Waals surface area contributed by atoms with Crippen LogP contribution in [-0.4, -0.2) is 23.1 Å². The molecule has 0 radical (unpaired) electrons. The molecule has 0 amide bonds. The van der Waals surface area contributed by atoms with Crippen LogP contribution in [0.3, 0.4) is 0 Å². The van der Waals surface area contributed by atoms with Crippen LogP contribution in [0.4, 0.5) is 0 Å². The molecule has 0 saturated carbocycles. The number of hydrogen-bond donors (Lipinski definition) is 0. The predicted octanol–water partition coefficient (Wildman–Crippen LogP) is -3.74. The van der Waals surface area contributed by atoms with Gasteiger partial charge in [0, 0.05) is 0 Å². The Balaban J connectivity index is -0.0000000800. The van der Waals surface area contributed by atoms with E-state index in [2.05, 4.69) is 0 Å². The van der Waals surface area contributed by atoms with Crippen molar-refractivity contribution in [2.24, 2.45) is 0 Å². The molecule has 7 heteroatoms. The van der Waals surface area contributed by atoms with Crippen LogP contribution >= 0.6 is 7.82 Å². The first kappa shape index (κ1) is 15.7. The third kappa shape index (κ3) is 141. The molecule has 0 aliphatic heterocycles. The van der Waals surface area contributed by atoms with Crippen LogP contribution in [-0.2, 0) is 4.57 Å². The molecule has 0 atom stereocenters. The van der Waals surface area contributed by atoms with Gasteiger partial charge in [0.05, 0.1) is 12.4 Å². The third-order valence-corrected chi connectivity index (χ3v) is 0. The van der Waals surface area contributed by atoms with Gasteiger partial charge < -0.3 is 19.2 Å². The molecule has 40 valence electrons. The van der Waals surface area contributed by atoms with Gasteiger partial charge in [-0.15, -0.1) is 0 Å². The van der Waals surface area contributed by atoms with Gasteiger partial charge in [-0.2, -0.15) is 7.82 Å². The van der Waals surface area contributed by atoms with E-state index in [1.807, 2.05) is 0 Å². The second-order valence-electron chi connectivity index (χ2n) is 0.447. The average Bonchev–Trinajstić information content (AvgIpc) is 0.722. The van der Waals surface area contributed by atoms with E-state index in [1.165, 1.54) is 0 Å². The molecule has 0 bridgehead atoms. The van der Waals surface area contributed by atoms with Gasteiger partial charge >= 0.3 is 23.1 Å². The summed E-state index contributed by atoms with van der Waals surface area (Å²) in [6.07, 6.45) is 0. The smallest absolute Gasteiger partial charge is 0.822 e. The van der Waals surface area contributed by atoms with Gasteiger partial charge in [-0.25, -0.2) is 0 Å². The zero-order valence-corrected chi connectivity index (χ0v) is 6.44. The number of rotatable bonds is 0. The Labute approximate surface area is 62.7 Å². The topological polar surface area (TPSA) is 86.2 Å². The van der Waals surface area contributed by atoms with Crippen LogP contribution in [0.1, 0.15) is 0 Å². The summed E-state index contributed by atoms with van der Waals surface area (Å²) in [6.45, 7) is 0. The fraction of sp³-hybridized carbons (Fsp3) is 0. The van der Waals surface area contributed by atoms with Crippen molar-refractivity contribution >= 4 is 30.9 Å². The molecule has 0 saturated heterocycles.